The number of hydrogen-bond donors (Lipinski definition) is 2. The van der Waals surface area contributed by atoms with Crippen LogP contribution < -0.4 is 11.1 Å². The third kappa shape index (κ3) is 5.33. The lowest BCUT2D eigenvalue weighted by Crippen LogP contribution is -2.27. The minimum atomic E-state index is -0.0730. The fraction of sp³-hybridized carbons (Fsp3) is 0.417. The molecule has 94 valence electrons. The molecule has 0 aromatic heterocycles. The Labute approximate surface area is 102 Å². The zero-order chi connectivity index (χ0) is 12.5. The Morgan fingerprint density at radius 3 is 2.65 bits per heavy atom. The maximum absolute atomic E-state index is 5.75. The summed E-state index contributed by atoms with van der Waals surface area (Å²) in [4.78, 5) is 4.19. The summed E-state index contributed by atoms with van der Waals surface area (Å²) in [5.74, 6) is 0.370. The van der Waals surface area contributed by atoms with E-state index in [1.807, 2.05) is 30.3 Å². The molecule has 17 heavy (non-hydrogen) atoms. The van der Waals surface area contributed by atoms with Crippen LogP contribution in [0.4, 0.5) is 5.69 Å². The SMILES string of the molecule is COCC(CN=C(N)Nc1ccccc1)OC. The van der Waals surface area contributed by atoms with E-state index in [1.165, 1.54) is 0 Å². The van der Waals surface area contributed by atoms with Gasteiger partial charge in [-0.3, -0.25) is 4.99 Å². The van der Waals surface area contributed by atoms with E-state index in [9.17, 15) is 0 Å². The summed E-state index contributed by atoms with van der Waals surface area (Å²) < 4.78 is 10.2. The molecule has 1 rings (SSSR count). The van der Waals surface area contributed by atoms with Gasteiger partial charge in [0.2, 0.25) is 0 Å². The number of ether oxygens (including phenoxy) is 2. The van der Waals surface area contributed by atoms with Gasteiger partial charge in [-0.25, -0.2) is 0 Å². The third-order valence-electron chi connectivity index (χ3n) is 2.20. The number of hydrogen-bond acceptors (Lipinski definition) is 3. The summed E-state index contributed by atoms with van der Waals surface area (Å²) in [6.45, 7) is 0.967. The Balaban J connectivity index is 2.44. The molecule has 1 aromatic carbocycles. The Hall–Kier alpha value is -1.59. The standard InChI is InChI=1S/C12H19N3O2/c1-16-9-11(17-2)8-14-12(13)15-10-6-4-3-5-7-10/h3-7,11H,8-9H2,1-2H3,(H3,13,14,15). The average molecular weight is 237 g/mol. The minimum Gasteiger partial charge on any atom is -0.382 e. The number of benzene rings is 1. The van der Waals surface area contributed by atoms with Crippen LogP contribution in [-0.4, -0.2) is 39.4 Å². The summed E-state index contributed by atoms with van der Waals surface area (Å²) >= 11 is 0. The monoisotopic (exact) mass is 237 g/mol. The van der Waals surface area contributed by atoms with Crippen molar-refractivity contribution in [1.82, 2.24) is 0 Å². The van der Waals surface area contributed by atoms with Gasteiger partial charge in [-0.15, -0.1) is 0 Å². The highest BCUT2D eigenvalue weighted by molar-refractivity contribution is 5.92. The number of guanidine groups is 1. The van der Waals surface area contributed by atoms with E-state index in [2.05, 4.69) is 10.3 Å². The molecule has 0 bridgehead atoms. The molecule has 0 aliphatic rings. The van der Waals surface area contributed by atoms with Gasteiger partial charge in [-0.05, 0) is 12.1 Å². The van der Waals surface area contributed by atoms with Crippen LogP contribution in [-0.2, 0) is 9.47 Å². The van der Waals surface area contributed by atoms with Crippen molar-refractivity contribution in [2.75, 3.05) is 32.7 Å². The lowest BCUT2D eigenvalue weighted by molar-refractivity contribution is 0.0344. The van der Waals surface area contributed by atoms with Gasteiger partial charge < -0.3 is 20.5 Å². The highest BCUT2D eigenvalue weighted by Crippen LogP contribution is 2.03. The number of nitrogens with one attached hydrogen (secondary N) is 1. The van der Waals surface area contributed by atoms with Gasteiger partial charge in [0, 0.05) is 19.9 Å². The molecule has 5 heteroatoms. The highest BCUT2D eigenvalue weighted by atomic mass is 16.5. The average Bonchev–Trinajstić information content (AvgIpc) is 2.35. The van der Waals surface area contributed by atoms with E-state index < -0.39 is 0 Å². The molecule has 0 fully saturated rings. The molecule has 1 atom stereocenters. The second-order valence-electron chi connectivity index (χ2n) is 3.53. The molecular weight excluding hydrogens is 218 g/mol. The summed E-state index contributed by atoms with van der Waals surface area (Å²) in [5, 5.41) is 2.99. The van der Waals surface area contributed by atoms with Crippen LogP contribution in [0.5, 0.6) is 0 Å². The number of nitrogens with zero attached hydrogens (tertiary/aromatic N) is 1. The summed E-state index contributed by atoms with van der Waals surface area (Å²) in [6, 6.07) is 9.64. The molecule has 1 unspecified atom stereocenters. The van der Waals surface area contributed by atoms with Crippen LogP contribution in [0.3, 0.4) is 0 Å². The van der Waals surface area contributed by atoms with E-state index >= 15 is 0 Å². The Bertz CT molecular complexity index is 341. The summed E-state index contributed by atoms with van der Waals surface area (Å²) in [7, 11) is 3.25. The largest absolute Gasteiger partial charge is 0.382 e. The molecule has 0 amide bonds. The molecular formula is C12H19N3O2. The smallest absolute Gasteiger partial charge is 0.193 e. The number of aliphatic imine (C=N–C) groups is 1. The van der Waals surface area contributed by atoms with Gasteiger partial charge >= 0.3 is 0 Å². The molecule has 0 radical (unpaired) electrons. The summed E-state index contributed by atoms with van der Waals surface area (Å²) in [6.07, 6.45) is -0.0730. The number of anilines is 1. The lowest BCUT2D eigenvalue weighted by atomic mass is 10.3. The Morgan fingerprint density at radius 1 is 1.35 bits per heavy atom. The van der Waals surface area contributed by atoms with Crippen LogP contribution in [0.15, 0.2) is 35.3 Å². The van der Waals surface area contributed by atoms with Crippen molar-refractivity contribution in [3.8, 4) is 0 Å². The first-order valence-electron chi connectivity index (χ1n) is 5.40. The van der Waals surface area contributed by atoms with Crippen molar-refractivity contribution >= 4 is 11.6 Å². The molecule has 0 aliphatic carbocycles. The fourth-order valence-electron chi connectivity index (χ4n) is 1.29. The van der Waals surface area contributed by atoms with Gasteiger partial charge in [0.05, 0.1) is 13.2 Å². The van der Waals surface area contributed by atoms with E-state index in [-0.39, 0.29) is 6.10 Å². The van der Waals surface area contributed by atoms with Crippen LogP contribution in [0.1, 0.15) is 0 Å². The fourth-order valence-corrected chi connectivity index (χ4v) is 1.29. The molecule has 0 heterocycles. The van der Waals surface area contributed by atoms with Crippen molar-refractivity contribution in [3.05, 3.63) is 30.3 Å². The Morgan fingerprint density at radius 2 is 2.06 bits per heavy atom. The van der Waals surface area contributed by atoms with Crippen LogP contribution in [0.25, 0.3) is 0 Å². The zero-order valence-electron chi connectivity index (χ0n) is 10.2. The van der Waals surface area contributed by atoms with Gasteiger partial charge in [0.1, 0.15) is 6.10 Å². The lowest BCUT2D eigenvalue weighted by Gasteiger charge is -2.12. The molecule has 0 saturated carbocycles. The predicted octanol–water partition coefficient (Wildman–Crippen LogP) is 1.07. The predicted molar refractivity (Wildman–Crippen MR) is 69.2 cm³/mol. The van der Waals surface area contributed by atoms with Crippen molar-refractivity contribution in [3.63, 3.8) is 0 Å². The number of para-hydroxylation sites is 1. The topological polar surface area (TPSA) is 68.9 Å². The van der Waals surface area contributed by atoms with Crippen molar-refractivity contribution in [2.45, 2.75) is 6.10 Å². The van der Waals surface area contributed by atoms with E-state index in [1.54, 1.807) is 14.2 Å². The maximum atomic E-state index is 5.75. The van der Waals surface area contributed by atoms with Crippen molar-refractivity contribution in [2.24, 2.45) is 10.7 Å². The van der Waals surface area contributed by atoms with E-state index in [0.29, 0.717) is 19.1 Å². The van der Waals surface area contributed by atoms with Crippen LogP contribution in [0, 0.1) is 0 Å². The zero-order valence-corrected chi connectivity index (χ0v) is 10.2. The van der Waals surface area contributed by atoms with Crippen molar-refractivity contribution in [1.29, 1.82) is 0 Å². The Kier molecular flexibility index (Phi) is 6.06. The number of rotatable bonds is 6. The molecule has 0 aliphatic heterocycles. The first-order chi connectivity index (χ1) is 8.26. The molecule has 3 N–H and O–H groups in total. The third-order valence-corrected chi connectivity index (χ3v) is 2.20. The van der Waals surface area contributed by atoms with Gasteiger partial charge in [-0.1, -0.05) is 18.2 Å². The normalized spacial score (nSPS) is 13.4. The van der Waals surface area contributed by atoms with E-state index in [0.717, 1.165) is 5.69 Å². The second-order valence-corrected chi connectivity index (χ2v) is 3.53. The quantitative estimate of drug-likeness (QED) is 0.573. The maximum Gasteiger partial charge on any atom is 0.193 e. The first kappa shape index (κ1) is 13.5. The summed E-state index contributed by atoms with van der Waals surface area (Å²) in [5.41, 5.74) is 6.66. The van der Waals surface area contributed by atoms with Crippen molar-refractivity contribution < 1.29 is 9.47 Å². The van der Waals surface area contributed by atoms with Gasteiger partial charge in [0.25, 0.3) is 0 Å². The number of nitrogens with two attached hydrogens (primary N) is 1. The number of methoxy groups -OCH3 is 2. The van der Waals surface area contributed by atoms with Crippen LogP contribution in [0.2, 0.25) is 0 Å². The molecule has 5 nitrogen and oxygen atoms in total. The molecule has 1 aromatic rings. The van der Waals surface area contributed by atoms with Gasteiger partial charge in [-0.2, -0.15) is 0 Å². The van der Waals surface area contributed by atoms with Crippen LogP contribution >= 0.6 is 0 Å². The highest BCUT2D eigenvalue weighted by Gasteiger charge is 2.05. The van der Waals surface area contributed by atoms with E-state index in [4.69, 9.17) is 15.2 Å². The molecule has 0 saturated heterocycles. The first-order valence-corrected chi connectivity index (χ1v) is 5.40. The molecule has 0 spiro atoms. The second kappa shape index (κ2) is 7.65. The van der Waals surface area contributed by atoms with Gasteiger partial charge in [0.15, 0.2) is 5.96 Å². The minimum absolute atomic E-state index is 0.0730.